The second-order valence-corrected chi connectivity index (χ2v) is 4.79. The number of nitrogens with two attached hydrogens (primary N) is 1. The van der Waals surface area contributed by atoms with Crippen LogP contribution in [0.3, 0.4) is 0 Å². The zero-order chi connectivity index (χ0) is 14.7. The van der Waals surface area contributed by atoms with E-state index in [1.54, 1.807) is 12.1 Å². The van der Waals surface area contributed by atoms with Gasteiger partial charge in [0.1, 0.15) is 12.0 Å². The van der Waals surface area contributed by atoms with Crippen molar-refractivity contribution in [1.82, 2.24) is 0 Å². The summed E-state index contributed by atoms with van der Waals surface area (Å²) in [7, 11) is 0. The Kier molecular flexibility index (Phi) is 3.97. The molecule has 0 atom stereocenters. The van der Waals surface area contributed by atoms with Crippen molar-refractivity contribution in [3.05, 3.63) is 33.9 Å². The maximum absolute atomic E-state index is 11.1. The van der Waals surface area contributed by atoms with Crippen molar-refractivity contribution in [2.24, 2.45) is 11.7 Å². The zero-order valence-corrected chi connectivity index (χ0v) is 10.8. The topological polar surface area (TPSA) is 107 Å². The van der Waals surface area contributed by atoms with Gasteiger partial charge in [0.15, 0.2) is 0 Å². The smallest absolute Gasteiger partial charge is 0.293 e. The van der Waals surface area contributed by atoms with E-state index in [0.29, 0.717) is 37.9 Å². The number of anilines is 1. The Morgan fingerprint density at radius 2 is 2.05 bits per heavy atom. The molecule has 1 saturated heterocycles. The van der Waals surface area contributed by atoms with Crippen LogP contribution < -0.4 is 10.6 Å². The molecule has 7 heteroatoms. The maximum Gasteiger partial charge on any atom is 0.293 e. The van der Waals surface area contributed by atoms with Gasteiger partial charge in [0.25, 0.3) is 5.69 Å². The van der Waals surface area contributed by atoms with Gasteiger partial charge in [-0.2, -0.15) is 0 Å². The predicted molar refractivity (Wildman–Crippen MR) is 72.6 cm³/mol. The van der Waals surface area contributed by atoms with E-state index in [0.717, 1.165) is 0 Å². The van der Waals surface area contributed by atoms with E-state index in [-0.39, 0.29) is 23.1 Å². The highest BCUT2D eigenvalue weighted by molar-refractivity contribution is 5.80. The van der Waals surface area contributed by atoms with Crippen molar-refractivity contribution >= 4 is 23.6 Å². The third-order valence-corrected chi connectivity index (χ3v) is 3.57. The molecule has 7 nitrogen and oxygen atoms in total. The van der Waals surface area contributed by atoms with Crippen LogP contribution in [0.25, 0.3) is 0 Å². The highest BCUT2D eigenvalue weighted by atomic mass is 16.6. The van der Waals surface area contributed by atoms with Crippen LogP contribution in [0.1, 0.15) is 23.2 Å². The first-order chi connectivity index (χ1) is 9.52. The van der Waals surface area contributed by atoms with E-state index in [4.69, 9.17) is 5.73 Å². The molecule has 0 spiro atoms. The van der Waals surface area contributed by atoms with Crippen LogP contribution in [0.4, 0.5) is 11.4 Å². The SMILES string of the molecule is NC(=O)C1CCN(c2ccc(C=O)cc2[N+](=O)[O-])CC1. The molecule has 0 saturated carbocycles. The Hall–Kier alpha value is -2.44. The number of rotatable bonds is 4. The molecule has 0 aromatic heterocycles. The number of amides is 1. The number of nitro benzene ring substituents is 1. The average molecular weight is 277 g/mol. The molecular weight excluding hydrogens is 262 g/mol. The molecule has 1 amide bonds. The van der Waals surface area contributed by atoms with Gasteiger partial charge in [0.2, 0.25) is 5.91 Å². The van der Waals surface area contributed by atoms with Crippen molar-refractivity contribution in [2.45, 2.75) is 12.8 Å². The van der Waals surface area contributed by atoms with Gasteiger partial charge in [-0.3, -0.25) is 19.7 Å². The fourth-order valence-electron chi connectivity index (χ4n) is 2.43. The summed E-state index contributed by atoms with van der Waals surface area (Å²) >= 11 is 0. The van der Waals surface area contributed by atoms with Crippen LogP contribution in [0.2, 0.25) is 0 Å². The number of nitrogens with zero attached hydrogens (tertiary/aromatic N) is 2. The minimum absolute atomic E-state index is 0.0906. The second kappa shape index (κ2) is 5.68. The van der Waals surface area contributed by atoms with Crippen LogP contribution in [0, 0.1) is 16.0 Å². The highest BCUT2D eigenvalue weighted by Gasteiger charge is 2.27. The van der Waals surface area contributed by atoms with Gasteiger partial charge in [-0.1, -0.05) is 0 Å². The zero-order valence-electron chi connectivity index (χ0n) is 10.8. The van der Waals surface area contributed by atoms with Crippen LogP contribution in [0.15, 0.2) is 18.2 Å². The van der Waals surface area contributed by atoms with E-state index in [1.165, 1.54) is 6.07 Å². The lowest BCUT2D eigenvalue weighted by Gasteiger charge is -2.31. The third-order valence-electron chi connectivity index (χ3n) is 3.57. The van der Waals surface area contributed by atoms with E-state index in [1.807, 2.05) is 4.90 Å². The Labute approximate surface area is 115 Å². The largest absolute Gasteiger partial charge is 0.369 e. The lowest BCUT2D eigenvalue weighted by molar-refractivity contribution is -0.384. The molecule has 0 radical (unpaired) electrons. The standard InChI is InChI=1S/C13H15N3O4/c14-13(18)10-3-5-15(6-4-10)11-2-1-9(8-17)7-12(11)16(19)20/h1-2,7-8,10H,3-6H2,(H2,14,18). The molecule has 0 bridgehead atoms. The lowest BCUT2D eigenvalue weighted by atomic mass is 9.95. The summed E-state index contributed by atoms with van der Waals surface area (Å²) in [6.45, 7) is 1.07. The number of nitro groups is 1. The average Bonchev–Trinajstić information content (AvgIpc) is 2.46. The van der Waals surface area contributed by atoms with Crippen molar-refractivity contribution in [3.8, 4) is 0 Å². The Morgan fingerprint density at radius 3 is 2.55 bits per heavy atom. The van der Waals surface area contributed by atoms with Crippen molar-refractivity contribution in [2.75, 3.05) is 18.0 Å². The molecule has 1 aliphatic heterocycles. The number of benzene rings is 1. The van der Waals surface area contributed by atoms with Crippen LogP contribution in [-0.4, -0.2) is 30.2 Å². The van der Waals surface area contributed by atoms with Crippen LogP contribution in [-0.2, 0) is 4.79 Å². The first-order valence-electron chi connectivity index (χ1n) is 6.31. The van der Waals surface area contributed by atoms with Gasteiger partial charge < -0.3 is 10.6 Å². The number of carbonyl (C=O) groups is 2. The fourth-order valence-corrected chi connectivity index (χ4v) is 2.43. The molecule has 20 heavy (non-hydrogen) atoms. The summed E-state index contributed by atoms with van der Waals surface area (Å²) in [6, 6.07) is 4.39. The molecule has 1 aromatic carbocycles. The van der Waals surface area contributed by atoms with Crippen molar-refractivity contribution in [3.63, 3.8) is 0 Å². The number of carbonyl (C=O) groups excluding carboxylic acids is 2. The van der Waals surface area contributed by atoms with E-state index in [2.05, 4.69) is 0 Å². The summed E-state index contributed by atoms with van der Waals surface area (Å²) in [5.74, 6) is -0.491. The summed E-state index contributed by atoms with van der Waals surface area (Å²) in [6.07, 6.45) is 1.75. The molecule has 106 valence electrons. The predicted octanol–water partition coefficient (Wildman–Crippen LogP) is 1.11. The number of hydrogen-bond donors (Lipinski definition) is 1. The van der Waals surface area contributed by atoms with Crippen molar-refractivity contribution in [1.29, 1.82) is 0 Å². The minimum Gasteiger partial charge on any atom is -0.369 e. The molecule has 1 fully saturated rings. The Morgan fingerprint density at radius 1 is 1.40 bits per heavy atom. The van der Waals surface area contributed by atoms with Gasteiger partial charge in [-0.25, -0.2) is 0 Å². The third kappa shape index (κ3) is 2.76. The molecule has 1 aliphatic rings. The minimum atomic E-state index is -0.498. The second-order valence-electron chi connectivity index (χ2n) is 4.79. The van der Waals surface area contributed by atoms with E-state index >= 15 is 0 Å². The first-order valence-corrected chi connectivity index (χ1v) is 6.31. The van der Waals surface area contributed by atoms with Crippen LogP contribution >= 0.6 is 0 Å². The molecule has 1 aromatic rings. The molecule has 2 rings (SSSR count). The summed E-state index contributed by atoms with van der Waals surface area (Å²) < 4.78 is 0. The molecule has 0 unspecified atom stereocenters. The van der Waals surface area contributed by atoms with Crippen LogP contribution in [0.5, 0.6) is 0 Å². The lowest BCUT2D eigenvalue weighted by Crippen LogP contribution is -2.38. The Bertz CT molecular complexity index is 551. The van der Waals surface area contributed by atoms with E-state index in [9.17, 15) is 19.7 Å². The molecule has 2 N–H and O–H groups in total. The van der Waals surface area contributed by atoms with Gasteiger partial charge >= 0.3 is 0 Å². The summed E-state index contributed by atoms with van der Waals surface area (Å²) in [5, 5.41) is 11.1. The van der Waals surface area contributed by atoms with Gasteiger partial charge in [-0.15, -0.1) is 0 Å². The fraction of sp³-hybridized carbons (Fsp3) is 0.385. The van der Waals surface area contributed by atoms with Gasteiger partial charge in [0.05, 0.1) is 4.92 Å². The molecule has 0 aliphatic carbocycles. The number of piperidine rings is 1. The molecule has 1 heterocycles. The highest BCUT2D eigenvalue weighted by Crippen LogP contribution is 2.32. The Balaban J connectivity index is 2.23. The normalized spacial score (nSPS) is 15.9. The number of primary amides is 1. The van der Waals surface area contributed by atoms with Gasteiger partial charge in [0, 0.05) is 30.6 Å². The van der Waals surface area contributed by atoms with E-state index < -0.39 is 4.92 Å². The number of aldehydes is 1. The van der Waals surface area contributed by atoms with Crippen molar-refractivity contribution < 1.29 is 14.5 Å². The van der Waals surface area contributed by atoms with Gasteiger partial charge in [-0.05, 0) is 25.0 Å². The quantitative estimate of drug-likeness (QED) is 0.504. The first kappa shape index (κ1) is 14.0. The molecular formula is C13H15N3O4. The number of hydrogen-bond acceptors (Lipinski definition) is 5. The maximum atomic E-state index is 11.1. The monoisotopic (exact) mass is 277 g/mol. The summed E-state index contributed by atoms with van der Waals surface area (Å²) in [4.78, 5) is 34.3. The summed E-state index contributed by atoms with van der Waals surface area (Å²) in [5.41, 5.74) is 5.92.